The third-order valence-electron chi connectivity index (χ3n) is 3.84. The van der Waals surface area contributed by atoms with Crippen molar-refractivity contribution in [3.05, 3.63) is 12.2 Å². The summed E-state index contributed by atoms with van der Waals surface area (Å²) in [4.78, 5) is 0. The number of allylic oxidation sites excluding steroid dienone is 1. The Kier molecular flexibility index (Phi) is 3.58. The summed E-state index contributed by atoms with van der Waals surface area (Å²) in [6.07, 6.45) is 3.94. The van der Waals surface area contributed by atoms with E-state index in [2.05, 4.69) is 34.3 Å². The smallest absolute Gasteiger partial charge is 0.0170 e. The minimum absolute atomic E-state index is 0.840. The molecule has 0 aromatic rings. The molecule has 13 heavy (non-hydrogen) atoms. The van der Waals surface area contributed by atoms with Gasteiger partial charge in [-0.1, -0.05) is 46.3 Å². The van der Waals surface area contributed by atoms with Gasteiger partial charge in [-0.05, 0) is 36.5 Å². The van der Waals surface area contributed by atoms with Crippen LogP contribution in [0.5, 0.6) is 0 Å². The second-order valence-electron chi connectivity index (χ2n) is 4.84. The molecule has 0 bridgehead atoms. The highest BCUT2D eigenvalue weighted by Gasteiger charge is 2.41. The molecule has 1 rings (SSSR count). The Bertz CT molecular complexity index is 178. The van der Waals surface area contributed by atoms with Gasteiger partial charge < -0.3 is 0 Å². The summed E-state index contributed by atoms with van der Waals surface area (Å²) in [6, 6.07) is 0. The summed E-state index contributed by atoms with van der Waals surface area (Å²) in [7, 11) is 0. The van der Waals surface area contributed by atoms with Crippen LogP contribution in [0.25, 0.3) is 0 Å². The molecule has 1 saturated carbocycles. The van der Waals surface area contributed by atoms with Crippen LogP contribution in [0.15, 0.2) is 12.2 Å². The van der Waals surface area contributed by atoms with Gasteiger partial charge in [0.15, 0.2) is 0 Å². The maximum atomic E-state index is 4.20. The zero-order chi connectivity index (χ0) is 10.0. The Hall–Kier alpha value is -0.260. The third kappa shape index (κ3) is 1.98. The molecule has 0 spiro atoms. The van der Waals surface area contributed by atoms with Crippen molar-refractivity contribution in [2.24, 2.45) is 23.7 Å². The average Bonchev–Trinajstić information content (AvgIpc) is 2.01. The van der Waals surface area contributed by atoms with Crippen LogP contribution in [-0.4, -0.2) is 0 Å². The zero-order valence-electron chi connectivity index (χ0n) is 9.64. The van der Waals surface area contributed by atoms with Crippen LogP contribution in [0, 0.1) is 23.7 Å². The fourth-order valence-electron chi connectivity index (χ4n) is 2.92. The Morgan fingerprint density at radius 2 is 2.00 bits per heavy atom. The molecule has 0 saturated heterocycles. The van der Waals surface area contributed by atoms with Gasteiger partial charge in [0, 0.05) is 0 Å². The van der Waals surface area contributed by atoms with Crippen LogP contribution >= 0.6 is 0 Å². The van der Waals surface area contributed by atoms with Gasteiger partial charge in [-0.2, -0.15) is 0 Å². The van der Waals surface area contributed by atoms with Crippen LogP contribution in [0.4, 0.5) is 0 Å². The number of hydrogen-bond acceptors (Lipinski definition) is 0. The van der Waals surface area contributed by atoms with Gasteiger partial charge in [-0.3, -0.25) is 0 Å². The molecule has 0 heterocycles. The van der Waals surface area contributed by atoms with Crippen LogP contribution in [0.1, 0.15) is 47.0 Å². The lowest BCUT2D eigenvalue weighted by molar-refractivity contribution is 0.0507. The summed E-state index contributed by atoms with van der Waals surface area (Å²) in [5, 5.41) is 0. The predicted octanol–water partition coefficient (Wildman–Crippen LogP) is 4.27. The highest BCUT2D eigenvalue weighted by molar-refractivity contribution is 5.09. The lowest BCUT2D eigenvalue weighted by Crippen LogP contribution is -2.40. The molecule has 0 nitrogen and oxygen atoms in total. The minimum Gasteiger partial charge on any atom is -0.0996 e. The number of hydrogen-bond donors (Lipinski definition) is 0. The first-order valence-corrected chi connectivity index (χ1v) is 5.79. The van der Waals surface area contributed by atoms with Gasteiger partial charge in [0.05, 0.1) is 0 Å². The summed E-state index contributed by atoms with van der Waals surface area (Å²) in [6.45, 7) is 13.5. The lowest BCUT2D eigenvalue weighted by Gasteiger charge is -2.48. The summed E-state index contributed by atoms with van der Waals surface area (Å²) < 4.78 is 0. The van der Waals surface area contributed by atoms with Crippen molar-refractivity contribution < 1.29 is 0 Å². The van der Waals surface area contributed by atoms with E-state index in [1.165, 1.54) is 24.8 Å². The van der Waals surface area contributed by atoms with Crippen molar-refractivity contribution in [1.82, 2.24) is 0 Å². The van der Waals surface area contributed by atoms with Gasteiger partial charge in [0.2, 0.25) is 0 Å². The second-order valence-corrected chi connectivity index (χ2v) is 4.84. The molecule has 0 heteroatoms. The standard InChI is InChI=1S/C13H24/c1-6-10(5)12-8-11(7-2)13(12)9(3)4/h9,11-13H,5-8H2,1-4H3. The maximum Gasteiger partial charge on any atom is -0.0170 e. The van der Waals surface area contributed by atoms with E-state index in [0.29, 0.717) is 0 Å². The van der Waals surface area contributed by atoms with Crippen molar-refractivity contribution >= 4 is 0 Å². The molecule has 0 aromatic carbocycles. The van der Waals surface area contributed by atoms with Crippen LogP contribution in [-0.2, 0) is 0 Å². The molecular formula is C13H24. The number of rotatable bonds is 4. The van der Waals surface area contributed by atoms with E-state index in [9.17, 15) is 0 Å². The molecule has 0 aliphatic heterocycles. The Morgan fingerprint density at radius 3 is 2.38 bits per heavy atom. The van der Waals surface area contributed by atoms with E-state index >= 15 is 0 Å². The van der Waals surface area contributed by atoms with Crippen LogP contribution < -0.4 is 0 Å². The van der Waals surface area contributed by atoms with E-state index in [-0.39, 0.29) is 0 Å². The fourth-order valence-corrected chi connectivity index (χ4v) is 2.92. The molecule has 3 atom stereocenters. The van der Waals surface area contributed by atoms with Crippen LogP contribution in [0.2, 0.25) is 0 Å². The molecule has 1 aliphatic rings. The topological polar surface area (TPSA) is 0 Å². The van der Waals surface area contributed by atoms with E-state index in [1.54, 1.807) is 0 Å². The molecule has 1 aliphatic carbocycles. The second kappa shape index (κ2) is 4.30. The predicted molar refractivity (Wildman–Crippen MR) is 59.6 cm³/mol. The van der Waals surface area contributed by atoms with Crippen molar-refractivity contribution in [2.75, 3.05) is 0 Å². The van der Waals surface area contributed by atoms with E-state index < -0.39 is 0 Å². The molecule has 76 valence electrons. The Labute approximate surface area is 83.4 Å². The summed E-state index contributed by atoms with van der Waals surface area (Å²) >= 11 is 0. The summed E-state index contributed by atoms with van der Waals surface area (Å²) in [5.41, 5.74) is 1.49. The third-order valence-corrected chi connectivity index (χ3v) is 3.84. The monoisotopic (exact) mass is 180 g/mol. The maximum absolute atomic E-state index is 4.20. The molecule has 0 radical (unpaired) electrons. The first-order chi connectivity index (χ1) is 6.11. The van der Waals surface area contributed by atoms with Crippen molar-refractivity contribution in [1.29, 1.82) is 0 Å². The van der Waals surface area contributed by atoms with Crippen molar-refractivity contribution in [3.8, 4) is 0 Å². The molecule has 0 amide bonds. The SMILES string of the molecule is C=C(CC)C1CC(CC)C1C(C)C. The van der Waals surface area contributed by atoms with Gasteiger partial charge in [0.25, 0.3) is 0 Å². The molecule has 1 fully saturated rings. The van der Waals surface area contributed by atoms with Gasteiger partial charge >= 0.3 is 0 Å². The van der Waals surface area contributed by atoms with E-state index in [0.717, 1.165) is 23.7 Å². The zero-order valence-corrected chi connectivity index (χ0v) is 9.64. The van der Waals surface area contributed by atoms with Gasteiger partial charge in [0.1, 0.15) is 0 Å². The highest BCUT2D eigenvalue weighted by Crippen LogP contribution is 2.50. The van der Waals surface area contributed by atoms with Crippen LogP contribution in [0.3, 0.4) is 0 Å². The lowest BCUT2D eigenvalue weighted by atomic mass is 9.57. The first-order valence-electron chi connectivity index (χ1n) is 5.79. The first kappa shape index (κ1) is 10.8. The van der Waals surface area contributed by atoms with E-state index in [4.69, 9.17) is 0 Å². The van der Waals surface area contributed by atoms with Crippen molar-refractivity contribution in [2.45, 2.75) is 47.0 Å². The fraction of sp³-hybridized carbons (Fsp3) is 0.846. The molecule has 0 aromatic heterocycles. The molecular weight excluding hydrogens is 156 g/mol. The Morgan fingerprint density at radius 1 is 1.38 bits per heavy atom. The largest absolute Gasteiger partial charge is 0.0996 e. The Balaban J connectivity index is 2.56. The normalized spacial score (nSPS) is 33.2. The summed E-state index contributed by atoms with van der Waals surface area (Å²) in [5.74, 6) is 3.59. The van der Waals surface area contributed by atoms with E-state index in [1.807, 2.05) is 0 Å². The molecule has 0 N–H and O–H groups in total. The average molecular weight is 180 g/mol. The van der Waals surface area contributed by atoms with Gasteiger partial charge in [-0.25, -0.2) is 0 Å². The van der Waals surface area contributed by atoms with Crippen molar-refractivity contribution in [3.63, 3.8) is 0 Å². The quantitative estimate of drug-likeness (QED) is 0.567. The van der Waals surface area contributed by atoms with Gasteiger partial charge in [-0.15, -0.1) is 0 Å². The molecule has 3 unspecified atom stereocenters. The highest BCUT2D eigenvalue weighted by atomic mass is 14.5. The minimum atomic E-state index is 0.840.